The summed E-state index contributed by atoms with van der Waals surface area (Å²) in [7, 11) is 0. The Morgan fingerprint density at radius 3 is 2.50 bits per heavy atom. The van der Waals surface area contributed by atoms with E-state index in [0.717, 1.165) is 0 Å². The normalized spacial score (nSPS) is 15.9. The van der Waals surface area contributed by atoms with Gasteiger partial charge in [0.25, 0.3) is 0 Å². The maximum absolute atomic E-state index is 10.8. The van der Waals surface area contributed by atoms with Gasteiger partial charge in [-0.25, -0.2) is 0 Å². The second kappa shape index (κ2) is 3.43. The summed E-state index contributed by atoms with van der Waals surface area (Å²) < 4.78 is 0. The smallest absolute Gasteiger partial charge is 0.227 e. The molecule has 0 amide bonds. The molecule has 57 valence electrons. The first-order valence-electron chi connectivity index (χ1n) is 2.96. The minimum Gasteiger partial charge on any atom is -0.330 e. The van der Waals surface area contributed by atoms with Crippen LogP contribution in [0.2, 0.25) is 0 Å². The van der Waals surface area contributed by atoms with Gasteiger partial charge in [0.1, 0.15) is 5.54 Å². The van der Waals surface area contributed by atoms with Gasteiger partial charge in [-0.05, 0) is 13.5 Å². The SMILES string of the molecule is CC(N)([C]=O)C(=O)CCN. The molecular formula is C6H11N2O2. The van der Waals surface area contributed by atoms with E-state index in [-0.39, 0.29) is 18.7 Å². The molecule has 0 saturated carbocycles. The quantitative estimate of drug-likeness (QED) is 0.480. The van der Waals surface area contributed by atoms with E-state index in [9.17, 15) is 9.59 Å². The third-order valence-corrected chi connectivity index (χ3v) is 1.16. The molecule has 0 aromatic carbocycles. The van der Waals surface area contributed by atoms with Crippen molar-refractivity contribution in [2.45, 2.75) is 18.9 Å². The van der Waals surface area contributed by atoms with Crippen LogP contribution in [0.15, 0.2) is 0 Å². The molecule has 0 rings (SSSR count). The Hall–Kier alpha value is -0.740. The van der Waals surface area contributed by atoms with Crippen molar-refractivity contribution in [2.24, 2.45) is 11.5 Å². The molecule has 1 atom stereocenters. The van der Waals surface area contributed by atoms with Gasteiger partial charge in [-0.2, -0.15) is 0 Å². The van der Waals surface area contributed by atoms with Gasteiger partial charge in [0.05, 0.1) is 0 Å². The second-order valence-corrected chi connectivity index (χ2v) is 2.27. The molecule has 0 fully saturated rings. The number of rotatable bonds is 4. The first-order valence-corrected chi connectivity index (χ1v) is 2.96. The Morgan fingerprint density at radius 2 is 2.20 bits per heavy atom. The zero-order chi connectivity index (χ0) is 8.20. The molecule has 0 spiro atoms. The molecule has 0 bridgehead atoms. The number of nitrogens with two attached hydrogens (primary N) is 2. The molecule has 0 aromatic heterocycles. The van der Waals surface area contributed by atoms with Crippen molar-refractivity contribution in [1.29, 1.82) is 0 Å². The number of hydrogen-bond acceptors (Lipinski definition) is 4. The zero-order valence-electron chi connectivity index (χ0n) is 5.89. The van der Waals surface area contributed by atoms with Crippen molar-refractivity contribution in [3.8, 4) is 0 Å². The minimum absolute atomic E-state index is 0.127. The van der Waals surface area contributed by atoms with Crippen LogP contribution in [0.3, 0.4) is 0 Å². The number of carbonyl (C=O) groups is 1. The maximum atomic E-state index is 10.8. The summed E-state index contributed by atoms with van der Waals surface area (Å²) in [5, 5.41) is 0. The highest BCUT2D eigenvalue weighted by atomic mass is 16.1. The third kappa shape index (κ3) is 2.24. The standard InChI is InChI=1S/C6H11N2O2/c1-6(8,4-9)5(10)2-3-7/h2-3,7-8H2,1H3. The van der Waals surface area contributed by atoms with E-state index in [1.54, 1.807) is 0 Å². The minimum atomic E-state index is -1.47. The van der Waals surface area contributed by atoms with Gasteiger partial charge < -0.3 is 11.5 Å². The molecule has 0 saturated heterocycles. The van der Waals surface area contributed by atoms with Crippen LogP contribution in [0.25, 0.3) is 0 Å². The first-order chi connectivity index (χ1) is 4.54. The maximum Gasteiger partial charge on any atom is 0.227 e. The Kier molecular flexibility index (Phi) is 3.18. The fourth-order valence-electron chi connectivity index (χ4n) is 0.448. The molecule has 1 radical (unpaired) electrons. The van der Waals surface area contributed by atoms with E-state index in [1.165, 1.54) is 13.2 Å². The van der Waals surface area contributed by atoms with E-state index >= 15 is 0 Å². The average Bonchev–Trinajstić information content (AvgIpc) is 1.89. The molecule has 0 aliphatic heterocycles. The Morgan fingerprint density at radius 1 is 1.70 bits per heavy atom. The van der Waals surface area contributed by atoms with Crippen molar-refractivity contribution in [3.63, 3.8) is 0 Å². The lowest BCUT2D eigenvalue weighted by Crippen LogP contribution is -2.47. The molecular weight excluding hydrogens is 132 g/mol. The predicted octanol–water partition coefficient (Wildman–Crippen LogP) is -1.27. The fraction of sp³-hybridized carbons (Fsp3) is 0.667. The number of Topliss-reactive ketones (excluding diaryl/α,β-unsaturated/α-hetero) is 1. The second-order valence-electron chi connectivity index (χ2n) is 2.27. The lowest BCUT2D eigenvalue weighted by Gasteiger charge is -2.12. The topological polar surface area (TPSA) is 86.2 Å². The number of hydrogen-bond donors (Lipinski definition) is 2. The monoisotopic (exact) mass is 143 g/mol. The molecule has 1 unspecified atom stereocenters. The van der Waals surface area contributed by atoms with Gasteiger partial charge in [-0.15, -0.1) is 0 Å². The number of ketones is 1. The number of carbonyl (C=O) groups excluding carboxylic acids is 2. The third-order valence-electron chi connectivity index (χ3n) is 1.16. The summed E-state index contributed by atoms with van der Waals surface area (Å²) in [4.78, 5) is 20.9. The Balaban J connectivity index is 4.04. The van der Waals surface area contributed by atoms with Gasteiger partial charge in [-0.3, -0.25) is 9.59 Å². The van der Waals surface area contributed by atoms with Gasteiger partial charge >= 0.3 is 0 Å². The summed E-state index contributed by atoms with van der Waals surface area (Å²) in [6.45, 7) is 1.53. The van der Waals surface area contributed by atoms with Crippen LogP contribution in [0.5, 0.6) is 0 Å². The Labute approximate surface area is 59.6 Å². The molecule has 4 nitrogen and oxygen atoms in total. The largest absolute Gasteiger partial charge is 0.330 e. The van der Waals surface area contributed by atoms with Crippen LogP contribution >= 0.6 is 0 Å². The van der Waals surface area contributed by atoms with Crippen LogP contribution in [-0.4, -0.2) is 24.2 Å². The summed E-state index contributed by atoms with van der Waals surface area (Å²) in [6.07, 6.45) is 1.58. The molecule has 4 N–H and O–H groups in total. The highest BCUT2D eigenvalue weighted by molar-refractivity contribution is 6.02. The van der Waals surface area contributed by atoms with E-state index < -0.39 is 5.54 Å². The van der Waals surface area contributed by atoms with E-state index in [2.05, 4.69) is 0 Å². The van der Waals surface area contributed by atoms with E-state index in [4.69, 9.17) is 11.5 Å². The molecule has 0 aliphatic carbocycles. The average molecular weight is 143 g/mol. The van der Waals surface area contributed by atoms with Crippen molar-refractivity contribution in [1.82, 2.24) is 0 Å². The molecule has 10 heavy (non-hydrogen) atoms. The summed E-state index contributed by atoms with van der Waals surface area (Å²) in [5.41, 5.74) is 8.82. The van der Waals surface area contributed by atoms with Crippen LogP contribution in [0.4, 0.5) is 0 Å². The fourth-order valence-corrected chi connectivity index (χ4v) is 0.448. The van der Waals surface area contributed by atoms with Gasteiger partial charge in [-0.1, -0.05) is 0 Å². The molecule has 4 heteroatoms. The summed E-state index contributed by atoms with van der Waals surface area (Å²) in [5.74, 6) is -0.370. The van der Waals surface area contributed by atoms with Crippen LogP contribution in [0, 0.1) is 0 Å². The molecule has 0 heterocycles. The van der Waals surface area contributed by atoms with Crippen molar-refractivity contribution in [2.75, 3.05) is 6.54 Å². The van der Waals surface area contributed by atoms with Gasteiger partial charge in [0.2, 0.25) is 6.29 Å². The Bertz CT molecular complexity index is 143. The predicted molar refractivity (Wildman–Crippen MR) is 37.0 cm³/mol. The molecule has 0 aromatic rings. The van der Waals surface area contributed by atoms with Crippen LogP contribution in [0.1, 0.15) is 13.3 Å². The first kappa shape index (κ1) is 9.26. The van der Waals surface area contributed by atoms with E-state index in [0.29, 0.717) is 0 Å². The van der Waals surface area contributed by atoms with Gasteiger partial charge in [0.15, 0.2) is 5.78 Å². The van der Waals surface area contributed by atoms with Crippen molar-refractivity contribution in [3.05, 3.63) is 0 Å². The highest BCUT2D eigenvalue weighted by Gasteiger charge is 2.27. The lowest BCUT2D eigenvalue weighted by atomic mass is 9.98. The summed E-state index contributed by atoms with van der Waals surface area (Å²) in [6, 6.07) is 0. The zero-order valence-corrected chi connectivity index (χ0v) is 5.89. The molecule has 0 aliphatic rings. The van der Waals surface area contributed by atoms with Crippen LogP contribution in [-0.2, 0) is 9.59 Å². The van der Waals surface area contributed by atoms with Crippen LogP contribution < -0.4 is 11.5 Å². The van der Waals surface area contributed by atoms with Crippen molar-refractivity contribution >= 4 is 12.1 Å². The van der Waals surface area contributed by atoms with Gasteiger partial charge in [0, 0.05) is 6.42 Å². The summed E-state index contributed by atoms with van der Waals surface area (Å²) >= 11 is 0. The highest BCUT2D eigenvalue weighted by Crippen LogP contribution is 1.98. The van der Waals surface area contributed by atoms with E-state index in [1.807, 2.05) is 0 Å². The van der Waals surface area contributed by atoms with Crippen molar-refractivity contribution < 1.29 is 9.59 Å². The lowest BCUT2D eigenvalue weighted by molar-refractivity contribution is -0.121.